The molecule has 93 heavy (non-hydrogen) atoms. The molecule has 3 nitrogen and oxygen atoms in total. The van der Waals surface area contributed by atoms with E-state index in [4.69, 9.17) is 4.42 Å². The van der Waals surface area contributed by atoms with Gasteiger partial charge in [0.2, 0.25) is 0 Å². The minimum atomic E-state index is 0.848. The lowest BCUT2D eigenvalue weighted by molar-refractivity contribution is 0.669. The van der Waals surface area contributed by atoms with Crippen molar-refractivity contribution in [3.63, 3.8) is 0 Å². The van der Waals surface area contributed by atoms with Gasteiger partial charge in [0.15, 0.2) is 0 Å². The zero-order valence-electron chi connectivity index (χ0n) is 53.0. The first kappa shape index (κ1) is 55.5. The van der Waals surface area contributed by atoms with Crippen LogP contribution in [0.25, 0.3) is 166 Å². The van der Waals surface area contributed by atoms with Crippen molar-refractivity contribution >= 4 is 65.6 Å². The average Bonchev–Trinajstić information content (AvgIpc) is 1.59. The smallest absolute Gasteiger partial charge is 0.135 e. The molecule has 14 aromatic carbocycles. The average molecular weight is 1190 g/mol. The van der Waals surface area contributed by atoms with Gasteiger partial charge in [-0.1, -0.05) is 206 Å². The molecule has 0 fully saturated rings. The van der Waals surface area contributed by atoms with Crippen molar-refractivity contribution < 1.29 is 4.42 Å². The van der Waals surface area contributed by atoms with Crippen molar-refractivity contribution in [3.8, 4) is 100 Å². The molecule has 17 aromatic rings. The topological polar surface area (TPSA) is 23.0 Å². The highest BCUT2D eigenvalue weighted by atomic mass is 16.3. The summed E-state index contributed by atoms with van der Waals surface area (Å²) in [6.45, 7) is 13.6. The van der Waals surface area contributed by atoms with E-state index in [0.717, 1.165) is 55.4 Å². The maximum absolute atomic E-state index is 6.86. The van der Waals surface area contributed by atoms with Crippen LogP contribution in [0.1, 0.15) is 33.4 Å². The van der Waals surface area contributed by atoms with Crippen LogP contribution in [0.4, 0.5) is 0 Å². The molecule has 0 N–H and O–H groups in total. The number of fused-ring (bicyclic) bond motifs is 9. The SMILES string of the molecule is Cc1cc2c(cc1-c1c(C)cccc1-c1ccccc1)c1cc(-c3c(C)cccc3-c3ccccc3)ccc1n2-c1ccc2oc3ccc(-n4c5ccc(-c6c(C)cccc6-c6ccccc6)cc5c5cc(-c6c(C)cccc6-c6ccccc6)c(C)cc54)cc3c2c1. The van der Waals surface area contributed by atoms with Crippen LogP contribution in [-0.2, 0) is 0 Å². The second-order valence-corrected chi connectivity index (χ2v) is 25.4. The molecule has 0 spiro atoms. The number of furan rings is 1. The largest absolute Gasteiger partial charge is 0.456 e. The summed E-state index contributed by atoms with van der Waals surface area (Å²) in [6.07, 6.45) is 0. The quantitative estimate of drug-likeness (QED) is 0.134. The Balaban J connectivity index is 0.877. The molecular formula is C90H66N2O. The van der Waals surface area contributed by atoms with Crippen molar-refractivity contribution in [2.24, 2.45) is 0 Å². The summed E-state index contributed by atoms with van der Waals surface area (Å²) in [5.74, 6) is 0. The third kappa shape index (κ3) is 9.17. The van der Waals surface area contributed by atoms with Crippen molar-refractivity contribution in [2.45, 2.75) is 41.5 Å². The number of aromatic nitrogens is 2. The molecule has 3 heterocycles. The molecule has 3 aromatic heterocycles. The molecule has 17 rings (SSSR count). The van der Waals surface area contributed by atoms with Gasteiger partial charge in [0, 0.05) is 43.7 Å². The Hall–Kier alpha value is -11.5. The third-order valence-corrected chi connectivity index (χ3v) is 19.7. The van der Waals surface area contributed by atoms with E-state index in [9.17, 15) is 0 Å². The normalized spacial score (nSPS) is 11.8. The Morgan fingerprint density at radius 1 is 0.204 bits per heavy atom. The van der Waals surface area contributed by atoms with E-state index in [1.807, 2.05) is 0 Å². The van der Waals surface area contributed by atoms with Gasteiger partial charge in [0.25, 0.3) is 0 Å². The molecule has 0 amide bonds. The molecule has 0 atom stereocenters. The van der Waals surface area contributed by atoms with E-state index in [0.29, 0.717) is 0 Å². The zero-order chi connectivity index (χ0) is 62.6. The van der Waals surface area contributed by atoms with Crippen LogP contribution >= 0.6 is 0 Å². The Morgan fingerprint density at radius 3 is 0.882 bits per heavy atom. The predicted molar refractivity (Wildman–Crippen MR) is 394 cm³/mol. The van der Waals surface area contributed by atoms with Crippen LogP contribution < -0.4 is 0 Å². The van der Waals surface area contributed by atoms with Crippen LogP contribution in [0.15, 0.2) is 296 Å². The summed E-state index contributed by atoms with van der Waals surface area (Å²) in [5, 5.41) is 6.93. The van der Waals surface area contributed by atoms with Gasteiger partial charge in [-0.25, -0.2) is 0 Å². The summed E-state index contributed by atoms with van der Waals surface area (Å²) in [7, 11) is 0. The van der Waals surface area contributed by atoms with Crippen LogP contribution in [0.5, 0.6) is 0 Å². The second-order valence-electron chi connectivity index (χ2n) is 25.4. The zero-order valence-corrected chi connectivity index (χ0v) is 53.0. The molecule has 0 aliphatic rings. The highest BCUT2D eigenvalue weighted by Crippen LogP contribution is 2.48. The van der Waals surface area contributed by atoms with E-state index < -0.39 is 0 Å². The lowest BCUT2D eigenvalue weighted by Crippen LogP contribution is -1.96. The van der Waals surface area contributed by atoms with E-state index in [1.54, 1.807) is 0 Å². The Kier molecular flexibility index (Phi) is 13.2. The molecule has 0 aliphatic carbocycles. The molecule has 0 saturated heterocycles. The minimum absolute atomic E-state index is 0.848. The van der Waals surface area contributed by atoms with Crippen molar-refractivity contribution in [1.29, 1.82) is 0 Å². The van der Waals surface area contributed by atoms with Gasteiger partial charge in [-0.05, 0) is 249 Å². The fraction of sp³-hybridized carbons (Fsp3) is 0.0667. The Morgan fingerprint density at radius 2 is 0.527 bits per heavy atom. The lowest BCUT2D eigenvalue weighted by atomic mass is 9.88. The molecular weight excluding hydrogens is 1130 g/mol. The molecule has 0 bridgehead atoms. The fourth-order valence-electron chi connectivity index (χ4n) is 15.4. The number of hydrogen-bond acceptors (Lipinski definition) is 1. The molecule has 0 saturated carbocycles. The summed E-state index contributed by atoms with van der Waals surface area (Å²) in [6, 6.07) is 108. The number of hydrogen-bond donors (Lipinski definition) is 0. The highest BCUT2D eigenvalue weighted by molar-refractivity contribution is 6.16. The van der Waals surface area contributed by atoms with Crippen molar-refractivity contribution in [1.82, 2.24) is 9.13 Å². The number of rotatable bonds is 10. The predicted octanol–water partition coefficient (Wildman–Crippen LogP) is 25.0. The van der Waals surface area contributed by atoms with Crippen molar-refractivity contribution in [2.75, 3.05) is 0 Å². The van der Waals surface area contributed by atoms with Gasteiger partial charge in [0.1, 0.15) is 11.2 Å². The number of aryl methyl sites for hydroxylation is 6. The number of nitrogens with zero attached hydrogens (tertiary/aromatic N) is 2. The molecule has 442 valence electrons. The van der Waals surface area contributed by atoms with Crippen molar-refractivity contribution in [3.05, 3.63) is 325 Å². The maximum Gasteiger partial charge on any atom is 0.135 e. The molecule has 0 unspecified atom stereocenters. The summed E-state index contributed by atoms with van der Waals surface area (Å²) in [5.41, 5.74) is 35.5. The summed E-state index contributed by atoms with van der Waals surface area (Å²) in [4.78, 5) is 0. The van der Waals surface area contributed by atoms with E-state index in [1.165, 1.54) is 144 Å². The molecule has 0 radical (unpaired) electrons. The van der Waals surface area contributed by atoms with Gasteiger partial charge in [-0.2, -0.15) is 0 Å². The summed E-state index contributed by atoms with van der Waals surface area (Å²) < 4.78 is 11.8. The summed E-state index contributed by atoms with van der Waals surface area (Å²) >= 11 is 0. The monoisotopic (exact) mass is 1190 g/mol. The van der Waals surface area contributed by atoms with E-state index in [-0.39, 0.29) is 0 Å². The first-order valence-corrected chi connectivity index (χ1v) is 32.4. The van der Waals surface area contributed by atoms with Gasteiger partial charge in [-0.15, -0.1) is 0 Å². The van der Waals surface area contributed by atoms with Crippen LogP contribution in [0.3, 0.4) is 0 Å². The standard InChI is InChI=1S/C90H66N2O/c1-55-23-19-35-69(61-27-11-7-12-28-61)87(55)65-39-43-81-75(49-65)77-53-73(89-57(3)25-21-37-71(89)63-31-15-9-16-32-63)59(5)47-83(77)91(81)67-41-45-85-79(51-67)80-52-68(42-46-86(80)93-85)92-82-44-40-66(88-56(2)24-20-36-70(88)62-29-13-8-14-30-62)50-76(82)78-54-74(60(6)48-84(78)92)90-58(4)26-22-38-72(90)64-33-17-10-18-34-64/h7-54H,1-6H3. The van der Waals surface area contributed by atoms with Crippen LogP contribution in [-0.4, -0.2) is 9.13 Å². The molecule has 3 heteroatoms. The first-order valence-electron chi connectivity index (χ1n) is 32.4. The van der Waals surface area contributed by atoms with Crippen LogP contribution in [0.2, 0.25) is 0 Å². The third-order valence-electron chi connectivity index (χ3n) is 19.7. The van der Waals surface area contributed by atoms with Gasteiger partial charge in [0.05, 0.1) is 22.1 Å². The Bertz CT molecular complexity index is 5480. The van der Waals surface area contributed by atoms with Gasteiger partial charge >= 0.3 is 0 Å². The highest BCUT2D eigenvalue weighted by Gasteiger charge is 2.24. The maximum atomic E-state index is 6.86. The van der Waals surface area contributed by atoms with Gasteiger partial charge < -0.3 is 13.6 Å². The first-order chi connectivity index (χ1) is 45.6. The van der Waals surface area contributed by atoms with Gasteiger partial charge in [-0.3, -0.25) is 0 Å². The minimum Gasteiger partial charge on any atom is -0.456 e. The fourth-order valence-corrected chi connectivity index (χ4v) is 15.4. The Labute approximate surface area is 542 Å². The lowest BCUT2D eigenvalue weighted by Gasteiger charge is -2.17. The van der Waals surface area contributed by atoms with Crippen LogP contribution in [0, 0.1) is 41.5 Å². The molecule has 0 aliphatic heterocycles. The second kappa shape index (κ2) is 22.2. The van der Waals surface area contributed by atoms with E-state index >= 15 is 0 Å². The number of benzene rings is 14. The van der Waals surface area contributed by atoms with E-state index in [2.05, 4.69) is 342 Å².